The van der Waals surface area contributed by atoms with Crippen molar-refractivity contribution >= 4 is 22.3 Å². The quantitative estimate of drug-likeness (QED) is 0.897. The highest BCUT2D eigenvalue weighted by atomic mass is 19.1. The molecule has 2 fully saturated rings. The maximum absolute atomic E-state index is 14.9. The van der Waals surface area contributed by atoms with E-state index < -0.39 is 0 Å². The van der Waals surface area contributed by atoms with E-state index in [4.69, 9.17) is 11.5 Å². The Labute approximate surface area is 146 Å². The summed E-state index contributed by atoms with van der Waals surface area (Å²) in [7, 11) is 0. The van der Waals surface area contributed by atoms with E-state index in [1.54, 1.807) is 10.6 Å². The van der Waals surface area contributed by atoms with Crippen LogP contribution in [-0.2, 0) is 0 Å². The fourth-order valence-electron chi connectivity index (χ4n) is 4.17. The predicted molar refractivity (Wildman–Crippen MR) is 99.6 cm³/mol. The number of nitrogens with zero attached hydrogens (tertiary/aromatic N) is 2. The van der Waals surface area contributed by atoms with E-state index >= 15 is 0 Å². The molecule has 25 heavy (non-hydrogen) atoms. The first-order valence-corrected chi connectivity index (χ1v) is 9.02. The van der Waals surface area contributed by atoms with Gasteiger partial charge in [-0.25, -0.2) is 4.39 Å². The molecule has 6 heteroatoms. The van der Waals surface area contributed by atoms with Gasteiger partial charge in [0.25, 0.3) is 5.56 Å². The summed E-state index contributed by atoms with van der Waals surface area (Å²) in [6, 6.07) is 3.40. The van der Waals surface area contributed by atoms with Crippen LogP contribution in [0.2, 0.25) is 0 Å². The maximum atomic E-state index is 14.9. The second-order valence-corrected chi connectivity index (χ2v) is 7.63. The topological polar surface area (TPSA) is 77.3 Å². The molecule has 4 N–H and O–H groups in total. The minimum Gasteiger partial charge on any atom is -0.394 e. The van der Waals surface area contributed by atoms with Crippen LogP contribution in [0.15, 0.2) is 16.9 Å². The van der Waals surface area contributed by atoms with Crippen molar-refractivity contribution in [2.45, 2.75) is 45.2 Å². The molecular formula is C19H25FN4O. The molecule has 1 unspecified atom stereocenters. The molecule has 0 spiro atoms. The molecular weight excluding hydrogens is 319 g/mol. The number of aryl methyl sites for hydroxylation is 1. The first kappa shape index (κ1) is 16.4. The summed E-state index contributed by atoms with van der Waals surface area (Å²) >= 11 is 0. The molecule has 0 radical (unpaired) electrons. The lowest BCUT2D eigenvalue weighted by Gasteiger charge is -2.25. The van der Waals surface area contributed by atoms with Crippen LogP contribution in [0.25, 0.3) is 10.9 Å². The molecule has 2 aliphatic rings. The van der Waals surface area contributed by atoms with Crippen molar-refractivity contribution in [2.75, 3.05) is 23.7 Å². The summed E-state index contributed by atoms with van der Waals surface area (Å²) in [6.07, 6.45) is 2.91. The monoisotopic (exact) mass is 344 g/mol. The first-order chi connectivity index (χ1) is 11.9. The average molecular weight is 344 g/mol. The zero-order valence-corrected chi connectivity index (χ0v) is 14.8. The number of nitrogens with two attached hydrogens (primary N) is 2. The lowest BCUT2D eigenvalue weighted by Crippen LogP contribution is -2.30. The smallest absolute Gasteiger partial charge is 0.274 e. The van der Waals surface area contributed by atoms with Gasteiger partial charge in [0.1, 0.15) is 5.82 Å². The van der Waals surface area contributed by atoms with Gasteiger partial charge in [-0.15, -0.1) is 0 Å². The van der Waals surface area contributed by atoms with Crippen LogP contribution in [0, 0.1) is 18.7 Å². The van der Waals surface area contributed by atoms with Gasteiger partial charge in [0.2, 0.25) is 0 Å². The molecule has 0 bridgehead atoms. The Balaban J connectivity index is 1.91. The second-order valence-electron chi connectivity index (χ2n) is 7.63. The maximum Gasteiger partial charge on any atom is 0.274 e. The van der Waals surface area contributed by atoms with E-state index in [2.05, 4.69) is 4.90 Å². The van der Waals surface area contributed by atoms with Crippen molar-refractivity contribution in [3.63, 3.8) is 0 Å². The number of aromatic nitrogens is 1. The molecule has 1 aromatic heterocycles. The van der Waals surface area contributed by atoms with E-state index in [9.17, 15) is 9.18 Å². The van der Waals surface area contributed by atoms with E-state index in [-0.39, 0.29) is 29.1 Å². The van der Waals surface area contributed by atoms with Gasteiger partial charge < -0.3 is 20.9 Å². The molecule has 2 aromatic rings. The number of benzene rings is 1. The van der Waals surface area contributed by atoms with Gasteiger partial charge in [0.15, 0.2) is 0 Å². The molecule has 5 nitrogen and oxygen atoms in total. The Morgan fingerprint density at radius 3 is 2.60 bits per heavy atom. The lowest BCUT2D eigenvalue weighted by molar-refractivity contribution is 0.487. The van der Waals surface area contributed by atoms with Crippen LogP contribution < -0.4 is 21.9 Å². The molecule has 4 rings (SSSR count). The average Bonchev–Trinajstić information content (AvgIpc) is 3.26. The Bertz CT molecular complexity index is 901. The predicted octanol–water partition coefficient (Wildman–Crippen LogP) is 2.54. The number of rotatable bonds is 3. The highest BCUT2D eigenvalue weighted by Gasteiger charge is 2.31. The fraction of sp³-hybridized carbons (Fsp3) is 0.526. The van der Waals surface area contributed by atoms with E-state index in [1.165, 1.54) is 6.07 Å². The highest BCUT2D eigenvalue weighted by Crippen LogP contribution is 2.40. The molecule has 2 atom stereocenters. The molecule has 1 saturated carbocycles. The van der Waals surface area contributed by atoms with E-state index in [1.807, 2.05) is 13.8 Å². The van der Waals surface area contributed by atoms with Gasteiger partial charge in [-0.3, -0.25) is 4.79 Å². The first-order valence-electron chi connectivity index (χ1n) is 9.02. The largest absolute Gasteiger partial charge is 0.394 e. The Morgan fingerprint density at radius 2 is 2.00 bits per heavy atom. The van der Waals surface area contributed by atoms with Gasteiger partial charge >= 0.3 is 0 Å². The summed E-state index contributed by atoms with van der Waals surface area (Å²) < 4.78 is 16.7. The molecule has 1 aromatic carbocycles. The van der Waals surface area contributed by atoms with E-state index in [0.717, 1.165) is 43.4 Å². The van der Waals surface area contributed by atoms with Crippen LogP contribution >= 0.6 is 0 Å². The molecule has 1 aliphatic heterocycles. The SMILES string of the molecule is Cc1c(N2CCC([C@H](C)N)C2)c(F)cc2cc(N)c(=O)n(C3CC3)c12. The van der Waals surface area contributed by atoms with Crippen molar-refractivity contribution < 1.29 is 4.39 Å². The van der Waals surface area contributed by atoms with E-state index in [0.29, 0.717) is 17.0 Å². The fourth-order valence-corrected chi connectivity index (χ4v) is 4.17. The normalized spacial score (nSPS) is 21.9. The van der Waals surface area contributed by atoms with Gasteiger partial charge in [-0.2, -0.15) is 0 Å². The standard InChI is InChI=1S/C19H25FN4O/c1-10-17-13(8-16(22)19(25)24(17)14-3-4-14)7-15(20)18(10)23-6-5-12(9-23)11(2)21/h7-8,11-12,14H,3-6,9,21-22H2,1-2H3/t11-,12?/m0/s1. The Hall–Kier alpha value is -2.08. The number of nitrogen functional groups attached to an aromatic ring is 1. The zero-order chi connectivity index (χ0) is 17.9. The van der Waals surface area contributed by atoms with Gasteiger partial charge in [0, 0.05) is 30.6 Å². The molecule has 134 valence electrons. The molecule has 1 aliphatic carbocycles. The third-order valence-electron chi connectivity index (χ3n) is 5.71. The van der Waals surface area contributed by atoms with Crippen molar-refractivity contribution in [1.82, 2.24) is 4.57 Å². The number of hydrogen-bond donors (Lipinski definition) is 2. The van der Waals surface area contributed by atoms with Crippen LogP contribution in [-0.4, -0.2) is 23.7 Å². The Morgan fingerprint density at radius 1 is 1.28 bits per heavy atom. The highest BCUT2D eigenvalue weighted by molar-refractivity contribution is 5.89. The van der Waals surface area contributed by atoms with Crippen molar-refractivity contribution in [3.8, 4) is 0 Å². The van der Waals surface area contributed by atoms with Crippen molar-refractivity contribution in [3.05, 3.63) is 33.9 Å². The number of anilines is 2. The number of pyridine rings is 1. The minimum absolute atomic E-state index is 0.0956. The van der Waals surface area contributed by atoms with Gasteiger partial charge in [0.05, 0.1) is 16.9 Å². The number of fused-ring (bicyclic) bond motifs is 1. The van der Waals surface area contributed by atoms with Crippen LogP contribution in [0.4, 0.5) is 15.8 Å². The summed E-state index contributed by atoms with van der Waals surface area (Å²) in [5.74, 6) is 0.113. The van der Waals surface area contributed by atoms with Crippen LogP contribution in [0.3, 0.4) is 0 Å². The summed E-state index contributed by atoms with van der Waals surface area (Å²) in [6.45, 7) is 5.46. The summed E-state index contributed by atoms with van der Waals surface area (Å²) in [5.41, 5.74) is 14.2. The van der Waals surface area contributed by atoms with Crippen LogP contribution in [0.1, 0.15) is 37.8 Å². The third kappa shape index (κ3) is 2.59. The van der Waals surface area contributed by atoms with Gasteiger partial charge in [-0.1, -0.05) is 0 Å². The van der Waals surface area contributed by atoms with Crippen molar-refractivity contribution in [2.24, 2.45) is 11.7 Å². The van der Waals surface area contributed by atoms with Gasteiger partial charge in [-0.05, 0) is 56.7 Å². The number of hydrogen-bond acceptors (Lipinski definition) is 4. The lowest BCUT2D eigenvalue weighted by atomic mass is 10.0. The molecule has 1 saturated heterocycles. The summed E-state index contributed by atoms with van der Waals surface area (Å²) in [4.78, 5) is 14.7. The second kappa shape index (κ2) is 5.73. The van der Waals surface area contributed by atoms with Crippen molar-refractivity contribution in [1.29, 1.82) is 0 Å². The van der Waals surface area contributed by atoms with Crippen LogP contribution in [0.5, 0.6) is 0 Å². The minimum atomic E-state index is -0.254. The third-order valence-corrected chi connectivity index (χ3v) is 5.71. The Kier molecular flexibility index (Phi) is 3.76. The summed E-state index contributed by atoms with van der Waals surface area (Å²) in [5, 5.41) is 0.700. The number of halogens is 1. The molecule has 0 amide bonds. The zero-order valence-electron chi connectivity index (χ0n) is 14.8. The molecule has 2 heterocycles.